The molecule has 0 aromatic rings. The molecule has 178 valence electrons. The summed E-state index contributed by atoms with van der Waals surface area (Å²) in [6.07, 6.45) is 11.0. The molecule has 3 saturated carbocycles. The molecule has 0 spiro atoms. The Labute approximate surface area is 192 Å². The van der Waals surface area contributed by atoms with E-state index in [4.69, 9.17) is 4.74 Å². The lowest BCUT2D eigenvalue weighted by Gasteiger charge is -2.44. The molecule has 32 heavy (non-hydrogen) atoms. The van der Waals surface area contributed by atoms with E-state index in [2.05, 4.69) is 32.6 Å². The number of cyclic esters (lactones) is 1. The number of fused-ring (bicyclic) bond motifs is 1. The summed E-state index contributed by atoms with van der Waals surface area (Å²) in [5, 5.41) is 30.4. The van der Waals surface area contributed by atoms with Crippen LogP contribution in [-0.2, 0) is 9.53 Å². The molecule has 0 unspecified atom stereocenters. The van der Waals surface area contributed by atoms with Crippen LogP contribution in [0.4, 0.5) is 0 Å². The molecule has 3 N–H and O–H groups in total. The Morgan fingerprint density at radius 1 is 1.25 bits per heavy atom. The highest BCUT2D eigenvalue weighted by atomic mass is 16.6. The van der Waals surface area contributed by atoms with Gasteiger partial charge in [-0.3, -0.25) is 0 Å². The van der Waals surface area contributed by atoms with Gasteiger partial charge in [-0.05, 0) is 86.2 Å². The molecule has 4 fully saturated rings. The number of aliphatic hydroxyl groups excluding tert-OH is 2. The van der Waals surface area contributed by atoms with Gasteiger partial charge in [-0.2, -0.15) is 0 Å². The van der Waals surface area contributed by atoms with Gasteiger partial charge in [0.15, 0.2) is 5.60 Å². The predicted molar refractivity (Wildman–Crippen MR) is 124 cm³/mol. The molecule has 8 atom stereocenters. The minimum Gasteiger partial charge on any atom is -0.460 e. The van der Waals surface area contributed by atoms with Crippen LogP contribution in [0, 0.1) is 23.2 Å². The number of aliphatic hydroxyl groups is 3. The largest absolute Gasteiger partial charge is 0.460 e. The molecule has 1 heterocycles. The molecule has 0 bridgehead atoms. The summed E-state index contributed by atoms with van der Waals surface area (Å²) < 4.78 is 5.47. The fraction of sp³-hybridized carbons (Fsp3) is 0.741. The molecular weight excluding hydrogens is 404 g/mol. The lowest BCUT2D eigenvalue weighted by Crippen LogP contribution is -2.36. The first-order valence-electron chi connectivity index (χ1n) is 12.4. The van der Waals surface area contributed by atoms with Gasteiger partial charge in [-0.1, -0.05) is 38.2 Å². The number of carbonyl (C=O) groups excluding carboxylic acids is 1. The summed E-state index contributed by atoms with van der Waals surface area (Å²) in [5.74, 6) is 1.06. The summed E-state index contributed by atoms with van der Waals surface area (Å²) in [7, 11) is 0. The zero-order valence-corrected chi connectivity index (χ0v) is 19.8. The fourth-order valence-corrected chi connectivity index (χ4v) is 7.24. The normalized spacial score (nSPS) is 45.9. The van der Waals surface area contributed by atoms with Crippen LogP contribution < -0.4 is 0 Å². The molecular formula is C27H40O5. The van der Waals surface area contributed by atoms with Crippen molar-refractivity contribution in [3.63, 3.8) is 0 Å². The maximum Gasteiger partial charge on any atom is 0.338 e. The Balaban J connectivity index is 1.47. The smallest absolute Gasteiger partial charge is 0.338 e. The van der Waals surface area contributed by atoms with Gasteiger partial charge < -0.3 is 20.1 Å². The Morgan fingerprint density at radius 2 is 2.00 bits per heavy atom. The maximum atomic E-state index is 11.9. The topological polar surface area (TPSA) is 87.0 Å². The molecule has 3 aliphatic carbocycles. The third kappa shape index (κ3) is 4.36. The van der Waals surface area contributed by atoms with Crippen molar-refractivity contribution in [2.75, 3.05) is 0 Å². The summed E-state index contributed by atoms with van der Waals surface area (Å²) in [4.78, 5) is 11.9. The SMILES string of the molecule is C=C1/C(=C/C=C2\CCC[C@]3(C)[C@@H]([C@H](C)C[C@@H]4C[C@@](C)(O)C(=O)O4)CC[C@@H]23)C[C@@H](O)C[C@@H]1O. The molecule has 4 rings (SSSR count). The minimum absolute atomic E-state index is 0.186. The number of ether oxygens (including phenoxy) is 1. The molecule has 0 aromatic heterocycles. The van der Waals surface area contributed by atoms with Gasteiger partial charge in [-0.25, -0.2) is 4.79 Å². The Hall–Kier alpha value is -1.43. The average Bonchev–Trinajstić information content (AvgIpc) is 3.18. The lowest BCUT2D eigenvalue weighted by molar-refractivity contribution is -0.154. The van der Waals surface area contributed by atoms with Crippen molar-refractivity contribution in [2.45, 2.75) is 102 Å². The molecule has 0 aromatic carbocycles. The third-order valence-electron chi connectivity index (χ3n) is 8.96. The quantitative estimate of drug-likeness (QED) is 0.565. The van der Waals surface area contributed by atoms with Gasteiger partial charge in [0.25, 0.3) is 0 Å². The van der Waals surface area contributed by atoms with E-state index in [-0.39, 0.29) is 11.5 Å². The van der Waals surface area contributed by atoms with Gasteiger partial charge in [-0.15, -0.1) is 0 Å². The number of rotatable bonds is 4. The molecule has 4 aliphatic rings. The number of hydrogen-bond donors (Lipinski definition) is 3. The van der Waals surface area contributed by atoms with Crippen LogP contribution in [0.1, 0.15) is 78.6 Å². The Kier molecular flexibility index (Phi) is 6.47. The van der Waals surface area contributed by atoms with Crippen molar-refractivity contribution >= 4 is 5.97 Å². The summed E-state index contributed by atoms with van der Waals surface area (Å²) >= 11 is 0. The molecule has 1 aliphatic heterocycles. The van der Waals surface area contributed by atoms with Crippen LogP contribution in [-0.4, -0.2) is 45.2 Å². The van der Waals surface area contributed by atoms with E-state index in [9.17, 15) is 20.1 Å². The van der Waals surface area contributed by atoms with Crippen molar-refractivity contribution in [2.24, 2.45) is 23.2 Å². The van der Waals surface area contributed by atoms with E-state index >= 15 is 0 Å². The fourth-order valence-electron chi connectivity index (χ4n) is 7.24. The molecule has 1 saturated heterocycles. The maximum absolute atomic E-state index is 11.9. The van der Waals surface area contributed by atoms with E-state index in [0.29, 0.717) is 37.0 Å². The zero-order chi connectivity index (χ0) is 23.3. The van der Waals surface area contributed by atoms with Crippen molar-refractivity contribution in [3.05, 3.63) is 35.5 Å². The van der Waals surface area contributed by atoms with E-state index in [1.165, 1.54) is 31.3 Å². The van der Waals surface area contributed by atoms with E-state index in [1.54, 1.807) is 6.92 Å². The van der Waals surface area contributed by atoms with Crippen LogP contribution in [0.15, 0.2) is 35.5 Å². The first-order valence-corrected chi connectivity index (χ1v) is 12.4. The lowest BCUT2D eigenvalue weighted by atomic mass is 9.60. The molecule has 5 heteroatoms. The van der Waals surface area contributed by atoms with Gasteiger partial charge in [0.05, 0.1) is 12.2 Å². The number of allylic oxidation sites excluding steroid dienone is 3. The first-order chi connectivity index (χ1) is 15.0. The molecule has 0 radical (unpaired) electrons. The highest BCUT2D eigenvalue weighted by Gasteiger charge is 2.52. The monoisotopic (exact) mass is 444 g/mol. The van der Waals surface area contributed by atoms with Crippen LogP contribution in [0.2, 0.25) is 0 Å². The number of esters is 1. The Morgan fingerprint density at radius 3 is 2.69 bits per heavy atom. The standard InChI is InChI=1S/C27H40O5/c1-16(12-21-15-27(4,31)25(30)32-21)22-9-10-23-18(6-5-11-26(22,23)3)7-8-19-13-20(28)14-24(29)17(19)2/h7-8,16,20-24,28-29,31H,2,5-6,9-15H2,1,3-4H3/b18-7+,19-8+/t16-,20-,21-,22-,23+,24+,26-,27-/m1/s1. The first kappa shape index (κ1) is 23.7. The number of carbonyl (C=O) groups is 1. The third-order valence-corrected chi connectivity index (χ3v) is 8.96. The van der Waals surface area contributed by atoms with Crippen LogP contribution in [0.5, 0.6) is 0 Å². The highest BCUT2D eigenvalue weighted by Crippen LogP contribution is 2.60. The van der Waals surface area contributed by atoms with Gasteiger partial charge >= 0.3 is 5.97 Å². The zero-order valence-electron chi connectivity index (χ0n) is 19.8. The van der Waals surface area contributed by atoms with E-state index in [1.807, 2.05) is 0 Å². The minimum atomic E-state index is -1.34. The van der Waals surface area contributed by atoms with E-state index < -0.39 is 23.8 Å². The second-order valence-electron chi connectivity index (χ2n) is 11.4. The Bertz CT molecular complexity index is 824. The second kappa shape index (κ2) is 8.73. The summed E-state index contributed by atoms with van der Waals surface area (Å²) in [6, 6.07) is 0. The highest BCUT2D eigenvalue weighted by molar-refractivity contribution is 5.80. The van der Waals surface area contributed by atoms with Crippen LogP contribution in [0.25, 0.3) is 0 Å². The van der Waals surface area contributed by atoms with Gasteiger partial charge in [0.2, 0.25) is 0 Å². The predicted octanol–water partition coefficient (Wildman–Crippen LogP) is 4.22. The number of hydrogen-bond acceptors (Lipinski definition) is 5. The van der Waals surface area contributed by atoms with Crippen LogP contribution in [0.3, 0.4) is 0 Å². The van der Waals surface area contributed by atoms with Crippen molar-refractivity contribution < 1.29 is 24.9 Å². The molecule has 5 nitrogen and oxygen atoms in total. The molecule has 0 amide bonds. The van der Waals surface area contributed by atoms with Gasteiger partial charge in [0.1, 0.15) is 6.10 Å². The second-order valence-corrected chi connectivity index (χ2v) is 11.4. The summed E-state index contributed by atoms with van der Waals surface area (Å²) in [6.45, 7) is 10.3. The van der Waals surface area contributed by atoms with Crippen molar-refractivity contribution in [1.82, 2.24) is 0 Å². The summed E-state index contributed by atoms with van der Waals surface area (Å²) in [5.41, 5.74) is 2.08. The van der Waals surface area contributed by atoms with Crippen molar-refractivity contribution in [3.8, 4) is 0 Å². The van der Waals surface area contributed by atoms with E-state index in [0.717, 1.165) is 24.0 Å². The van der Waals surface area contributed by atoms with Gasteiger partial charge in [0, 0.05) is 12.8 Å². The average molecular weight is 445 g/mol. The van der Waals surface area contributed by atoms with Crippen molar-refractivity contribution in [1.29, 1.82) is 0 Å². The van der Waals surface area contributed by atoms with Crippen LogP contribution >= 0.6 is 0 Å².